The number of methoxy groups -OCH3 is 3. The number of allylic oxidation sites excluding steroid dienone is 3. The van der Waals surface area contributed by atoms with Crippen molar-refractivity contribution in [2.45, 2.75) is 187 Å². The number of carbonyl (C=O) groups excluding carboxylic acids is 4. The van der Waals surface area contributed by atoms with Crippen molar-refractivity contribution >= 4 is 34.3 Å². The first-order valence-electron chi connectivity index (χ1n) is 25.3. The van der Waals surface area contributed by atoms with Gasteiger partial charge in [0.15, 0.2) is 0 Å². The molecule has 2 saturated heterocycles. The number of ether oxygens (including phenoxy) is 6. The molecule has 2 N–H and O–H groups in total. The summed E-state index contributed by atoms with van der Waals surface area (Å²) in [7, 11) is 4.77. The minimum Gasteiger partial charge on any atom is -0.488 e. The number of piperidine rings is 1. The molecule has 3 fully saturated rings. The van der Waals surface area contributed by atoms with E-state index >= 15 is 0 Å². The molecule has 6 rings (SSSR count). The Balaban J connectivity index is 1.29. The highest BCUT2D eigenvalue weighted by Gasteiger charge is 2.56. The van der Waals surface area contributed by atoms with Gasteiger partial charge in [0.1, 0.15) is 35.9 Å². The molecule has 2 bridgehead atoms. The lowest BCUT2D eigenvalue weighted by atomic mass is 9.81. The topological polar surface area (TPSA) is 172 Å². The smallest absolute Gasteiger partial charge is 0.329 e. The Kier molecular flexibility index (Phi) is 18.7. The van der Waals surface area contributed by atoms with Gasteiger partial charge in [-0.15, -0.1) is 0 Å². The van der Waals surface area contributed by atoms with Gasteiger partial charge in [-0.25, -0.2) is 4.79 Å². The summed E-state index contributed by atoms with van der Waals surface area (Å²) < 4.78 is 39.4. The highest BCUT2D eigenvalue weighted by atomic mass is 16.7. The van der Waals surface area contributed by atoms with E-state index in [1.807, 2.05) is 32.9 Å². The highest BCUT2D eigenvalue weighted by Crippen LogP contribution is 2.40. The van der Waals surface area contributed by atoms with Gasteiger partial charge in [0.25, 0.3) is 11.7 Å². The van der Waals surface area contributed by atoms with Crippen molar-refractivity contribution in [3.05, 3.63) is 53.8 Å². The summed E-state index contributed by atoms with van der Waals surface area (Å²) in [6.45, 7) is 14.5. The van der Waals surface area contributed by atoms with Gasteiger partial charge in [-0.05, 0) is 126 Å². The SMILES string of the molecule is CCCn1ccc2cc(OC3CCC(C=C(C)C4OC(=O)C5CCCCN5C(=O)C(=O)C5(O)OC(C(OC)CC(C)CC(C)=CC(CC)C(=O)CC(O)C4C)C(OC)CC5C)CC3OC)ccc21. The zero-order chi connectivity index (χ0) is 49.4. The van der Waals surface area contributed by atoms with E-state index in [0.717, 1.165) is 36.1 Å². The van der Waals surface area contributed by atoms with E-state index < -0.39 is 77.8 Å². The molecule has 2 aromatic rings. The van der Waals surface area contributed by atoms with Crippen molar-refractivity contribution in [3.63, 3.8) is 0 Å². The molecular weight excluding hydrogens is 869 g/mol. The molecule has 1 aromatic carbocycles. The first kappa shape index (κ1) is 53.4. The van der Waals surface area contributed by atoms with Gasteiger partial charge in [0.2, 0.25) is 5.79 Å². The zero-order valence-corrected chi connectivity index (χ0v) is 42.3. The summed E-state index contributed by atoms with van der Waals surface area (Å²) in [6.07, 6.45) is 7.82. The maximum atomic E-state index is 14.6. The number of rotatable bonds is 10. The van der Waals surface area contributed by atoms with Crippen LogP contribution in [0, 0.1) is 29.6 Å². The first-order valence-corrected chi connectivity index (χ1v) is 25.3. The number of amides is 1. The number of benzene rings is 1. The molecule has 4 aliphatic rings. The minimum absolute atomic E-state index is 0.0167. The second-order valence-corrected chi connectivity index (χ2v) is 20.5. The Morgan fingerprint density at radius 3 is 2.31 bits per heavy atom. The molecule has 14 unspecified atom stereocenters. The molecule has 68 heavy (non-hydrogen) atoms. The Bertz CT molecular complexity index is 2110. The Hall–Kier alpha value is -3.92. The van der Waals surface area contributed by atoms with Crippen LogP contribution in [0.1, 0.15) is 126 Å². The standard InChI is InChI=1S/C54H80N2O12/c1-11-21-55-23-20-39-30-40(17-18-41(39)55)66-45-19-16-37(29-46(45)63-8)27-34(5)49-36(7)43(57)31-44(58)38(12-2)25-32(3)24-33(4)26-47(64-9)50-48(65-10)28-35(6)54(62,68-50)51(59)52(60)56-22-14-13-15-42(56)53(61)67-49/h17-18,20,23,25,27,30,33,35-38,42-43,45-50,57,62H,11-16,19,21-22,24,26,28-29,31H2,1-10H3. The molecule has 14 heteroatoms. The quantitative estimate of drug-likeness (QED) is 0.134. The fourth-order valence-corrected chi connectivity index (χ4v) is 11.4. The number of aryl methyl sites for hydroxylation is 1. The Morgan fingerprint density at radius 1 is 0.897 bits per heavy atom. The van der Waals surface area contributed by atoms with Crippen LogP contribution in [-0.2, 0) is 49.4 Å². The normalized spacial score (nSPS) is 35.6. The Labute approximate surface area is 404 Å². The number of nitrogens with zero attached hydrogens (tertiary/aromatic N) is 2. The molecule has 1 amide bonds. The van der Waals surface area contributed by atoms with E-state index in [0.29, 0.717) is 50.5 Å². The van der Waals surface area contributed by atoms with Crippen molar-refractivity contribution in [1.82, 2.24) is 9.47 Å². The van der Waals surface area contributed by atoms with Crippen LogP contribution in [0.3, 0.4) is 0 Å². The molecule has 4 heterocycles. The van der Waals surface area contributed by atoms with Crippen LogP contribution >= 0.6 is 0 Å². The second kappa shape index (κ2) is 23.8. The number of hydrogen-bond donors (Lipinski definition) is 2. The first-order chi connectivity index (χ1) is 32.5. The van der Waals surface area contributed by atoms with E-state index in [1.165, 1.54) is 10.4 Å². The molecule has 1 aromatic heterocycles. The number of aromatic nitrogens is 1. The lowest BCUT2D eigenvalue weighted by Crippen LogP contribution is -2.64. The van der Waals surface area contributed by atoms with Gasteiger partial charge in [-0.3, -0.25) is 14.4 Å². The van der Waals surface area contributed by atoms with Crippen LogP contribution in [-0.4, -0.2) is 126 Å². The van der Waals surface area contributed by atoms with Crippen molar-refractivity contribution in [3.8, 4) is 5.75 Å². The lowest BCUT2D eigenvalue weighted by molar-refractivity contribution is -0.302. The molecule has 14 nitrogen and oxygen atoms in total. The van der Waals surface area contributed by atoms with Crippen molar-refractivity contribution in [1.29, 1.82) is 0 Å². The van der Waals surface area contributed by atoms with E-state index in [4.69, 9.17) is 28.4 Å². The lowest BCUT2D eigenvalue weighted by Gasteiger charge is -2.47. The summed E-state index contributed by atoms with van der Waals surface area (Å²) in [4.78, 5) is 58.6. The number of fused-ring (bicyclic) bond motifs is 4. The predicted octanol–water partition coefficient (Wildman–Crippen LogP) is 7.92. The monoisotopic (exact) mass is 949 g/mol. The number of ketones is 2. The zero-order valence-electron chi connectivity index (χ0n) is 42.3. The van der Waals surface area contributed by atoms with Gasteiger partial charge in [0, 0.05) is 75.7 Å². The minimum atomic E-state index is -2.51. The molecule has 1 saturated carbocycles. The molecule has 14 atom stereocenters. The maximum absolute atomic E-state index is 14.6. The molecule has 378 valence electrons. The Morgan fingerprint density at radius 2 is 1.62 bits per heavy atom. The molecule has 0 radical (unpaired) electrons. The van der Waals surface area contributed by atoms with Crippen molar-refractivity contribution in [2.24, 2.45) is 29.6 Å². The van der Waals surface area contributed by atoms with E-state index in [9.17, 15) is 29.4 Å². The van der Waals surface area contributed by atoms with Crippen LogP contribution in [0.25, 0.3) is 10.9 Å². The summed E-state index contributed by atoms with van der Waals surface area (Å²) in [5.41, 5.74) is 2.87. The maximum Gasteiger partial charge on any atom is 0.329 e. The van der Waals surface area contributed by atoms with Crippen LogP contribution in [0.2, 0.25) is 0 Å². The number of aliphatic hydroxyl groups is 2. The average molecular weight is 949 g/mol. The van der Waals surface area contributed by atoms with Gasteiger partial charge < -0.3 is 48.1 Å². The van der Waals surface area contributed by atoms with Crippen LogP contribution in [0.15, 0.2) is 53.8 Å². The number of Topliss-reactive ketones (excluding diaryl/α,β-unsaturated/α-hetero) is 2. The van der Waals surface area contributed by atoms with Crippen LogP contribution in [0.5, 0.6) is 5.75 Å². The summed E-state index contributed by atoms with van der Waals surface area (Å²) in [5, 5.41) is 25.2. The van der Waals surface area contributed by atoms with E-state index in [2.05, 4.69) is 48.9 Å². The number of hydrogen-bond acceptors (Lipinski definition) is 12. The predicted molar refractivity (Wildman–Crippen MR) is 259 cm³/mol. The van der Waals surface area contributed by atoms with E-state index in [1.54, 1.807) is 35.2 Å². The third kappa shape index (κ3) is 12.1. The van der Waals surface area contributed by atoms with Gasteiger partial charge in [-0.2, -0.15) is 0 Å². The second-order valence-electron chi connectivity index (χ2n) is 20.5. The van der Waals surface area contributed by atoms with Crippen LogP contribution in [0.4, 0.5) is 0 Å². The van der Waals surface area contributed by atoms with Crippen molar-refractivity contribution < 1.29 is 57.8 Å². The number of esters is 1. The number of aliphatic hydroxyl groups excluding tert-OH is 1. The molecular formula is C54H80N2O12. The average Bonchev–Trinajstić information content (AvgIpc) is 3.73. The van der Waals surface area contributed by atoms with Gasteiger partial charge in [0.05, 0.1) is 24.4 Å². The number of cyclic esters (lactones) is 1. The molecule has 0 spiro atoms. The van der Waals surface area contributed by atoms with Crippen molar-refractivity contribution in [2.75, 3.05) is 27.9 Å². The molecule has 1 aliphatic carbocycles. The number of carbonyl (C=O) groups is 4. The summed E-state index contributed by atoms with van der Waals surface area (Å²) in [6, 6.07) is 7.16. The fourth-order valence-electron chi connectivity index (χ4n) is 11.4. The highest BCUT2D eigenvalue weighted by molar-refractivity contribution is 6.39. The van der Waals surface area contributed by atoms with Gasteiger partial charge in [-0.1, -0.05) is 52.3 Å². The molecule has 3 aliphatic heterocycles. The largest absolute Gasteiger partial charge is 0.488 e. The van der Waals surface area contributed by atoms with E-state index in [-0.39, 0.29) is 55.6 Å². The third-order valence-corrected chi connectivity index (χ3v) is 15.4. The summed E-state index contributed by atoms with van der Waals surface area (Å²) in [5.74, 6) is -6.69. The fraction of sp³-hybridized carbons (Fsp3) is 0.704. The van der Waals surface area contributed by atoms with Gasteiger partial charge >= 0.3 is 5.97 Å². The van der Waals surface area contributed by atoms with Crippen LogP contribution < -0.4 is 4.74 Å². The third-order valence-electron chi connectivity index (χ3n) is 15.4. The summed E-state index contributed by atoms with van der Waals surface area (Å²) >= 11 is 0.